The number of benzene rings is 2. The fraction of sp³-hybridized carbons (Fsp3) is 0.0714. The largest absolute Gasteiger partial charge is 0.488 e. The van der Waals surface area contributed by atoms with E-state index in [2.05, 4.69) is 15.9 Å². The van der Waals surface area contributed by atoms with E-state index in [1.165, 1.54) is 0 Å². The highest BCUT2D eigenvalue weighted by Crippen LogP contribution is 2.25. The Morgan fingerprint density at radius 2 is 1.89 bits per heavy atom. The third kappa shape index (κ3) is 3.12. The molecule has 0 aliphatic heterocycles. The molecule has 0 atom stereocenters. The van der Waals surface area contributed by atoms with Gasteiger partial charge in [0.15, 0.2) is 6.29 Å². The summed E-state index contributed by atoms with van der Waals surface area (Å²) in [6.07, 6.45) is 0.708. The molecule has 2 aromatic carbocycles. The lowest BCUT2D eigenvalue weighted by Crippen LogP contribution is -1.98. The molecule has 92 valence electrons. The molecule has 0 unspecified atom stereocenters. The van der Waals surface area contributed by atoms with Gasteiger partial charge in [-0.1, -0.05) is 45.7 Å². The van der Waals surface area contributed by atoms with Gasteiger partial charge in [0.2, 0.25) is 0 Å². The minimum atomic E-state index is 0.385. The van der Waals surface area contributed by atoms with E-state index < -0.39 is 0 Å². The van der Waals surface area contributed by atoms with E-state index in [4.69, 9.17) is 16.3 Å². The predicted molar refractivity (Wildman–Crippen MR) is 75.3 cm³/mol. The second-order valence-electron chi connectivity index (χ2n) is 3.68. The van der Waals surface area contributed by atoms with Gasteiger partial charge in [0, 0.05) is 4.47 Å². The molecule has 0 saturated heterocycles. The summed E-state index contributed by atoms with van der Waals surface area (Å²) in [6, 6.07) is 12.9. The number of rotatable bonds is 4. The Labute approximate surface area is 119 Å². The highest BCUT2D eigenvalue weighted by Gasteiger charge is 2.07. The SMILES string of the molecule is O=Cc1c(Cl)cccc1OCc1ccc(Br)cc1. The molecular weight excluding hydrogens is 316 g/mol. The van der Waals surface area contributed by atoms with Crippen molar-refractivity contribution in [2.24, 2.45) is 0 Å². The van der Waals surface area contributed by atoms with Crippen LogP contribution in [0.2, 0.25) is 5.02 Å². The molecule has 0 fully saturated rings. The van der Waals surface area contributed by atoms with Crippen LogP contribution in [0.4, 0.5) is 0 Å². The Bertz CT molecular complexity index is 552. The van der Waals surface area contributed by atoms with E-state index in [0.717, 1.165) is 10.0 Å². The fourth-order valence-electron chi connectivity index (χ4n) is 1.50. The first-order chi connectivity index (χ1) is 8.70. The molecule has 18 heavy (non-hydrogen) atoms. The van der Waals surface area contributed by atoms with Crippen LogP contribution in [0, 0.1) is 0 Å². The molecule has 0 amide bonds. The van der Waals surface area contributed by atoms with E-state index in [1.807, 2.05) is 24.3 Å². The maximum Gasteiger partial charge on any atom is 0.155 e. The molecule has 0 aliphatic rings. The zero-order valence-corrected chi connectivity index (χ0v) is 11.7. The summed E-state index contributed by atoms with van der Waals surface area (Å²) in [7, 11) is 0. The summed E-state index contributed by atoms with van der Waals surface area (Å²) < 4.78 is 6.62. The monoisotopic (exact) mass is 324 g/mol. The molecule has 0 N–H and O–H groups in total. The number of hydrogen-bond donors (Lipinski definition) is 0. The van der Waals surface area contributed by atoms with Crippen molar-refractivity contribution in [3.63, 3.8) is 0 Å². The standard InChI is InChI=1S/C14H10BrClO2/c15-11-6-4-10(5-7-11)9-18-14-3-1-2-13(16)12(14)8-17/h1-8H,9H2. The van der Waals surface area contributed by atoms with Crippen molar-refractivity contribution in [3.05, 3.63) is 63.1 Å². The minimum Gasteiger partial charge on any atom is -0.488 e. The molecule has 0 saturated carbocycles. The van der Waals surface area contributed by atoms with Crippen LogP contribution in [0.5, 0.6) is 5.75 Å². The predicted octanol–water partition coefficient (Wildman–Crippen LogP) is 4.49. The Morgan fingerprint density at radius 3 is 2.56 bits per heavy atom. The molecular formula is C14H10BrClO2. The summed E-state index contributed by atoms with van der Waals surface area (Å²) in [6.45, 7) is 0.397. The van der Waals surface area contributed by atoms with Crippen molar-refractivity contribution >= 4 is 33.8 Å². The second-order valence-corrected chi connectivity index (χ2v) is 5.01. The number of hydrogen-bond acceptors (Lipinski definition) is 2. The van der Waals surface area contributed by atoms with Gasteiger partial charge in [-0.25, -0.2) is 0 Å². The van der Waals surface area contributed by atoms with Crippen molar-refractivity contribution < 1.29 is 9.53 Å². The molecule has 0 aromatic heterocycles. The maximum absolute atomic E-state index is 10.9. The number of ether oxygens (including phenoxy) is 1. The normalized spacial score (nSPS) is 10.1. The minimum absolute atomic E-state index is 0.385. The zero-order chi connectivity index (χ0) is 13.0. The quantitative estimate of drug-likeness (QED) is 0.774. The van der Waals surface area contributed by atoms with E-state index in [0.29, 0.717) is 29.2 Å². The van der Waals surface area contributed by atoms with Crippen LogP contribution < -0.4 is 4.74 Å². The Kier molecular flexibility index (Phi) is 4.39. The van der Waals surface area contributed by atoms with E-state index >= 15 is 0 Å². The van der Waals surface area contributed by atoms with Crippen LogP contribution in [0.1, 0.15) is 15.9 Å². The van der Waals surface area contributed by atoms with Crippen molar-refractivity contribution in [2.45, 2.75) is 6.61 Å². The fourth-order valence-corrected chi connectivity index (χ4v) is 1.97. The maximum atomic E-state index is 10.9. The van der Waals surface area contributed by atoms with E-state index in [1.54, 1.807) is 18.2 Å². The van der Waals surface area contributed by atoms with Gasteiger partial charge in [0.1, 0.15) is 12.4 Å². The number of carbonyl (C=O) groups excluding carboxylic acids is 1. The van der Waals surface area contributed by atoms with E-state index in [-0.39, 0.29) is 0 Å². The van der Waals surface area contributed by atoms with Gasteiger partial charge in [-0.15, -0.1) is 0 Å². The Morgan fingerprint density at radius 1 is 1.17 bits per heavy atom. The van der Waals surface area contributed by atoms with Gasteiger partial charge in [-0.3, -0.25) is 4.79 Å². The molecule has 2 rings (SSSR count). The molecule has 0 bridgehead atoms. The highest BCUT2D eigenvalue weighted by molar-refractivity contribution is 9.10. The zero-order valence-electron chi connectivity index (χ0n) is 9.40. The van der Waals surface area contributed by atoms with Crippen LogP contribution in [-0.4, -0.2) is 6.29 Å². The lowest BCUT2D eigenvalue weighted by atomic mass is 10.2. The first-order valence-corrected chi connectivity index (χ1v) is 6.49. The van der Waals surface area contributed by atoms with Gasteiger partial charge in [-0.2, -0.15) is 0 Å². The van der Waals surface area contributed by atoms with Crippen LogP contribution in [0.3, 0.4) is 0 Å². The summed E-state index contributed by atoms with van der Waals surface area (Å²) in [5, 5.41) is 0.401. The molecule has 0 spiro atoms. The molecule has 0 aliphatic carbocycles. The summed E-state index contributed by atoms with van der Waals surface area (Å²) >= 11 is 9.28. The molecule has 0 heterocycles. The van der Waals surface area contributed by atoms with E-state index in [9.17, 15) is 4.79 Å². The highest BCUT2D eigenvalue weighted by atomic mass is 79.9. The molecule has 2 nitrogen and oxygen atoms in total. The van der Waals surface area contributed by atoms with Crippen molar-refractivity contribution in [1.82, 2.24) is 0 Å². The molecule has 4 heteroatoms. The molecule has 0 radical (unpaired) electrons. The van der Waals surface area contributed by atoms with Gasteiger partial charge in [0.25, 0.3) is 0 Å². The summed E-state index contributed by atoms with van der Waals surface area (Å²) in [5.74, 6) is 0.500. The van der Waals surface area contributed by atoms with Crippen LogP contribution >= 0.6 is 27.5 Å². The number of aldehydes is 1. The summed E-state index contributed by atoms with van der Waals surface area (Å²) in [5.41, 5.74) is 1.41. The summed E-state index contributed by atoms with van der Waals surface area (Å²) in [4.78, 5) is 10.9. The van der Waals surface area contributed by atoms with Gasteiger partial charge in [-0.05, 0) is 29.8 Å². The third-order valence-corrected chi connectivity index (χ3v) is 3.30. The topological polar surface area (TPSA) is 26.3 Å². The van der Waals surface area contributed by atoms with Gasteiger partial charge < -0.3 is 4.74 Å². The third-order valence-electron chi connectivity index (χ3n) is 2.44. The van der Waals surface area contributed by atoms with Crippen molar-refractivity contribution in [3.8, 4) is 5.75 Å². The number of halogens is 2. The number of carbonyl (C=O) groups is 1. The van der Waals surface area contributed by atoms with Crippen LogP contribution in [0.25, 0.3) is 0 Å². The van der Waals surface area contributed by atoms with Crippen molar-refractivity contribution in [1.29, 1.82) is 0 Å². The first-order valence-electron chi connectivity index (χ1n) is 5.31. The average Bonchev–Trinajstić information content (AvgIpc) is 2.38. The lowest BCUT2D eigenvalue weighted by molar-refractivity contribution is 0.111. The average molecular weight is 326 g/mol. The molecule has 2 aromatic rings. The second kappa shape index (κ2) is 6.03. The Balaban J connectivity index is 2.13. The first kappa shape index (κ1) is 13.1. The van der Waals surface area contributed by atoms with Crippen molar-refractivity contribution in [2.75, 3.05) is 0 Å². The Hall–Kier alpha value is -1.32. The van der Waals surface area contributed by atoms with Crippen LogP contribution in [-0.2, 0) is 6.61 Å². The lowest BCUT2D eigenvalue weighted by Gasteiger charge is -2.09. The smallest absolute Gasteiger partial charge is 0.155 e. The van der Waals surface area contributed by atoms with Crippen LogP contribution in [0.15, 0.2) is 46.9 Å². The van der Waals surface area contributed by atoms with Gasteiger partial charge in [0.05, 0.1) is 10.6 Å². The van der Waals surface area contributed by atoms with Gasteiger partial charge >= 0.3 is 0 Å².